The number of rotatable bonds is 6. The van der Waals surface area contributed by atoms with Gasteiger partial charge in [-0.2, -0.15) is 13.2 Å². The Balaban J connectivity index is 3.16. The van der Waals surface area contributed by atoms with Crippen molar-refractivity contribution in [2.45, 2.75) is 12.2 Å². The molecule has 21 heavy (non-hydrogen) atoms. The molecular weight excluding hydrogens is 357 g/mol. The number of nitrogens with two attached hydrogens (primary N) is 1. The molecule has 0 saturated heterocycles. The fourth-order valence-corrected chi connectivity index (χ4v) is 2.22. The topological polar surface area (TPSA) is 73.6 Å². The summed E-state index contributed by atoms with van der Waals surface area (Å²) in [5.74, 6) is -0.296. The van der Waals surface area contributed by atoms with E-state index in [-0.39, 0.29) is 11.3 Å². The second kappa shape index (κ2) is 6.99. The Morgan fingerprint density at radius 1 is 1.33 bits per heavy atom. The number of benzene rings is 1. The number of amides is 1. The van der Waals surface area contributed by atoms with E-state index in [1.54, 1.807) is 0 Å². The lowest BCUT2D eigenvalue weighted by molar-refractivity contribution is -0.130. The van der Waals surface area contributed by atoms with E-state index in [2.05, 4.69) is 21.2 Å². The van der Waals surface area contributed by atoms with Crippen molar-refractivity contribution in [1.29, 1.82) is 0 Å². The molecule has 1 aromatic carbocycles. The molecule has 118 valence electrons. The Morgan fingerprint density at radius 3 is 2.29 bits per heavy atom. The summed E-state index contributed by atoms with van der Waals surface area (Å²) in [7, 11) is 2.79. The first-order chi connectivity index (χ1) is 9.69. The highest BCUT2D eigenvalue weighted by Gasteiger charge is 2.31. The fourth-order valence-electron chi connectivity index (χ4n) is 1.67. The number of alkyl halides is 3. The first-order valence-corrected chi connectivity index (χ1v) is 6.49. The average molecular weight is 371 g/mol. The van der Waals surface area contributed by atoms with Crippen LogP contribution in [0.4, 0.5) is 13.2 Å². The molecule has 1 amide bonds. The Hall–Kier alpha value is -1.48. The van der Waals surface area contributed by atoms with Gasteiger partial charge in [-0.3, -0.25) is 10.1 Å². The van der Waals surface area contributed by atoms with Crippen molar-refractivity contribution in [2.24, 2.45) is 5.73 Å². The van der Waals surface area contributed by atoms with Crippen molar-refractivity contribution < 1.29 is 27.4 Å². The van der Waals surface area contributed by atoms with Crippen LogP contribution in [0.25, 0.3) is 0 Å². The number of methoxy groups -OCH3 is 2. The van der Waals surface area contributed by atoms with Gasteiger partial charge in [-0.25, -0.2) is 0 Å². The van der Waals surface area contributed by atoms with E-state index < -0.39 is 24.7 Å². The summed E-state index contributed by atoms with van der Waals surface area (Å²) >= 11 is 3.18. The third-order valence-corrected chi connectivity index (χ3v) is 3.29. The molecule has 0 fully saturated rings. The maximum absolute atomic E-state index is 12.3. The highest BCUT2D eigenvalue weighted by Crippen LogP contribution is 2.36. The molecule has 1 rings (SSSR count). The van der Waals surface area contributed by atoms with Crippen LogP contribution in [0.1, 0.15) is 11.6 Å². The molecule has 5 nitrogen and oxygen atoms in total. The maximum Gasteiger partial charge on any atom is 0.401 e. The van der Waals surface area contributed by atoms with Crippen LogP contribution in [0.3, 0.4) is 0 Å². The molecule has 1 unspecified atom stereocenters. The van der Waals surface area contributed by atoms with Crippen molar-refractivity contribution in [1.82, 2.24) is 5.32 Å². The van der Waals surface area contributed by atoms with Crippen molar-refractivity contribution in [2.75, 3.05) is 20.8 Å². The lowest BCUT2D eigenvalue weighted by Crippen LogP contribution is -2.39. The van der Waals surface area contributed by atoms with Gasteiger partial charge in [0.25, 0.3) is 0 Å². The monoisotopic (exact) mass is 370 g/mol. The van der Waals surface area contributed by atoms with E-state index in [0.717, 1.165) is 0 Å². The normalized spacial score (nSPS) is 12.9. The molecule has 0 radical (unpaired) electrons. The number of halogens is 4. The molecule has 0 bridgehead atoms. The first-order valence-electron chi connectivity index (χ1n) is 5.70. The van der Waals surface area contributed by atoms with Crippen LogP contribution in [0.15, 0.2) is 16.6 Å². The third-order valence-electron chi connectivity index (χ3n) is 2.61. The molecular formula is C12H14BrF3N2O3. The van der Waals surface area contributed by atoms with E-state index >= 15 is 0 Å². The van der Waals surface area contributed by atoms with Gasteiger partial charge in [0.2, 0.25) is 5.91 Å². The second-order valence-electron chi connectivity index (χ2n) is 4.06. The quantitative estimate of drug-likeness (QED) is 0.804. The lowest BCUT2D eigenvalue weighted by atomic mass is 10.1. The van der Waals surface area contributed by atoms with Crippen LogP contribution in [-0.2, 0) is 4.79 Å². The molecule has 3 N–H and O–H groups in total. The van der Waals surface area contributed by atoms with Crippen molar-refractivity contribution in [3.05, 3.63) is 22.2 Å². The van der Waals surface area contributed by atoms with Crippen LogP contribution in [0.5, 0.6) is 11.5 Å². The highest BCUT2D eigenvalue weighted by molar-refractivity contribution is 9.10. The fraction of sp³-hybridized carbons (Fsp3) is 0.417. The van der Waals surface area contributed by atoms with Crippen LogP contribution in [0.2, 0.25) is 0 Å². The van der Waals surface area contributed by atoms with E-state index in [1.165, 1.54) is 26.4 Å². The number of ether oxygens (including phenoxy) is 2. The Labute approximate surface area is 127 Å². The number of hydrogen-bond acceptors (Lipinski definition) is 4. The van der Waals surface area contributed by atoms with Crippen LogP contribution < -0.4 is 20.5 Å². The Kier molecular flexibility index (Phi) is 5.85. The molecule has 0 aliphatic heterocycles. The van der Waals surface area contributed by atoms with Gasteiger partial charge in [0, 0.05) is 4.47 Å². The summed E-state index contributed by atoms with van der Waals surface area (Å²) in [6.45, 7) is -1.35. The molecule has 0 aromatic heterocycles. The molecule has 9 heteroatoms. The smallest absolute Gasteiger partial charge is 0.401 e. The summed E-state index contributed by atoms with van der Waals surface area (Å²) in [5, 5.41) is 2.08. The Morgan fingerprint density at radius 2 is 1.86 bits per heavy atom. The van der Waals surface area contributed by atoms with Crippen LogP contribution in [-0.4, -0.2) is 32.8 Å². The average Bonchev–Trinajstić information content (AvgIpc) is 2.38. The van der Waals surface area contributed by atoms with Crippen molar-refractivity contribution in [3.8, 4) is 11.5 Å². The zero-order valence-electron chi connectivity index (χ0n) is 11.3. The minimum atomic E-state index is -4.46. The highest BCUT2D eigenvalue weighted by atomic mass is 79.9. The van der Waals surface area contributed by atoms with Crippen molar-refractivity contribution in [3.63, 3.8) is 0 Å². The summed E-state index contributed by atoms with van der Waals surface area (Å²) in [4.78, 5) is 11.4. The molecule has 0 aliphatic rings. The van der Waals surface area contributed by atoms with E-state index in [9.17, 15) is 18.0 Å². The number of hydrogen-bond donors (Lipinski definition) is 2. The molecule has 0 aliphatic carbocycles. The molecule has 0 heterocycles. The van der Waals surface area contributed by atoms with Gasteiger partial charge in [0.1, 0.15) is 6.04 Å². The van der Waals surface area contributed by atoms with Gasteiger partial charge in [-0.05, 0) is 17.7 Å². The zero-order valence-corrected chi connectivity index (χ0v) is 12.8. The maximum atomic E-state index is 12.3. The number of primary amides is 1. The minimum absolute atomic E-state index is 0.226. The van der Waals surface area contributed by atoms with E-state index in [4.69, 9.17) is 15.2 Å². The first kappa shape index (κ1) is 17.6. The third kappa shape index (κ3) is 4.78. The summed E-state index contributed by atoms with van der Waals surface area (Å²) in [6.07, 6.45) is -4.46. The Bertz CT molecular complexity index is 523. The van der Waals surface area contributed by atoms with Crippen molar-refractivity contribution >= 4 is 21.8 Å². The molecule has 1 atom stereocenters. The van der Waals surface area contributed by atoms with Crippen LogP contribution >= 0.6 is 15.9 Å². The molecule has 0 spiro atoms. The standard InChI is InChI=1S/C12H14BrF3N2O3/c1-20-8-3-6(7(13)4-9(8)21-2)10(11(17)19)18-5-12(14,15)16/h3-4,10,18H,5H2,1-2H3,(H2,17,19). The predicted octanol–water partition coefficient (Wildman–Crippen LogP) is 2.14. The van der Waals surface area contributed by atoms with Gasteiger partial charge in [-0.15, -0.1) is 0 Å². The van der Waals surface area contributed by atoms with E-state index in [0.29, 0.717) is 10.2 Å². The van der Waals surface area contributed by atoms with Gasteiger partial charge in [-0.1, -0.05) is 15.9 Å². The summed E-state index contributed by atoms with van der Waals surface area (Å²) in [6, 6.07) is 1.56. The van der Waals surface area contributed by atoms with Gasteiger partial charge in [0.15, 0.2) is 11.5 Å². The largest absolute Gasteiger partial charge is 0.493 e. The van der Waals surface area contributed by atoms with Gasteiger partial charge >= 0.3 is 6.18 Å². The van der Waals surface area contributed by atoms with Gasteiger partial charge < -0.3 is 15.2 Å². The minimum Gasteiger partial charge on any atom is -0.493 e. The molecule has 0 saturated carbocycles. The predicted molar refractivity (Wildman–Crippen MR) is 73.2 cm³/mol. The van der Waals surface area contributed by atoms with Gasteiger partial charge in [0.05, 0.1) is 20.8 Å². The van der Waals surface area contributed by atoms with Crippen LogP contribution in [0, 0.1) is 0 Å². The summed E-state index contributed by atoms with van der Waals surface area (Å²) in [5.41, 5.74) is 5.39. The van der Waals surface area contributed by atoms with E-state index in [1.807, 2.05) is 0 Å². The lowest BCUT2D eigenvalue weighted by Gasteiger charge is -2.20. The number of nitrogens with one attached hydrogen (secondary N) is 1. The number of carbonyl (C=O) groups excluding carboxylic acids is 1. The number of carbonyl (C=O) groups is 1. The summed E-state index contributed by atoms with van der Waals surface area (Å²) < 4.78 is 47.4. The SMILES string of the molecule is COc1cc(Br)c(C(NCC(F)(F)F)C(N)=O)cc1OC. The second-order valence-corrected chi connectivity index (χ2v) is 4.91. The zero-order chi connectivity index (χ0) is 16.2. The molecule has 1 aromatic rings.